The molecule has 4 saturated heterocycles. The number of ether oxygens (including phenoxy) is 2. The molecule has 5 aliphatic rings. The fraction of sp³-hybridized carbons (Fsp3) is 0.523. The minimum Gasteiger partial charge on any atom is -0.374 e. The molecule has 4 aliphatic heterocycles. The number of morpholine rings is 1. The number of nitrogens with zero attached hydrogens (tertiary/aromatic N) is 9. The van der Waals surface area contributed by atoms with Gasteiger partial charge in [-0.25, -0.2) is 23.1 Å². The molecule has 2 bridgehead atoms. The van der Waals surface area contributed by atoms with E-state index in [1.54, 1.807) is 31.4 Å². The third kappa shape index (κ3) is 8.00. The predicted molar refractivity (Wildman–Crippen MR) is 226 cm³/mol. The van der Waals surface area contributed by atoms with E-state index in [1.807, 2.05) is 6.07 Å². The molecule has 4 aromatic heterocycles. The molecule has 8 heterocycles. The summed E-state index contributed by atoms with van der Waals surface area (Å²) in [6, 6.07) is 6.07. The van der Waals surface area contributed by atoms with Crippen molar-refractivity contribution in [3.05, 3.63) is 70.2 Å². The minimum absolute atomic E-state index is 0.0751. The van der Waals surface area contributed by atoms with Crippen molar-refractivity contribution >= 4 is 45.9 Å². The number of hydrogen-bond donors (Lipinski definition) is 2. The summed E-state index contributed by atoms with van der Waals surface area (Å²) in [7, 11) is 1.58. The Bertz CT molecular complexity index is 2880. The molecule has 5 aromatic rings. The molecule has 3 amide bonds. The molecule has 10 rings (SSSR count). The molecule has 2 N–H and O–H groups in total. The van der Waals surface area contributed by atoms with E-state index in [1.165, 1.54) is 35.6 Å². The SMILES string of the molecule is [2H]C1([2H])CC(OCC#Cc2cccc3c2n(C)c(=O)n3C2CCC(=O)NC2=O)CC([2H])([2H])N1CC1CCC(n2cc(NC(=O)c3cnn4ccc(N5C[C@H]6C[C@@H]5CO6)nc34)c(C(F)F)n2)CC1. The van der Waals surface area contributed by atoms with Crippen LogP contribution in [0.3, 0.4) is 0 Å². The van der Waals surface area contributed by atoms with Gasteiger partial charge >= 0.3 is 5.69 Å². The van der Waals surface area contributed by atoms with Crippen LogP contribution in [0.25, 0.3) is 16.7 Å². The van der Waals surface area contributed by atoms with Gasteiger partial charge in [0.15, 0.2) is 11.3 Å². The Balaban J connectivity index is 0.748. The first kappa shape index (κ1) is 36.5. The second kappa shape index (κ2) is 17.0. The van der Waals surface area contributed by atoms with Crippen molar-refractivity contribution in [2.24, 2.45) is 13.0 Å². The molecular formula is C44H49F2N11O6. The first-order valence-corrected chi connectivity index (χ1v) is 21.4. The number of carbonyl (C=O) groups is 3. The molecule has 1 aromatic carbocycles. The van der Waals surface area contributed by atoms with Crippen molar-refractivity contribution < 1.29 is 38.1 Å². The third-order valence-electron chi connectivity index (χ3n) is 12.9. The number of imide groups is 1. The van der Waals surface area contributed by atoms with Crippen molar-refractivity contribution in [2.45, 2.75) is 94.5 Å². The highest BCUT2D eigenvalue weighted by Gasteiger charge is 2.40. The van der Waals surface area contributed by atoms with Crippen LogP contribution < -0.4 is 21.2 Å². The second-order valence-electron chi connectivity index (χ2n) is 16.9. The number of rotatable bonds is 10. The van der Waals surface area contributed by atoms with Crippen molar-refractivity contribution in [1.29, 1.82) is 0 Å². The van der Waals surface area contributed by atoms with Crippen LogP contribution in [0.2, 0.25) is 0 Å². The van der Waals surface area contributed by atoms with E-state index in [0.717, 1.165) is 6.42 Å². The lowest BCUT2D eigenvalue weighted by atomic mass is 9.85. The highest BCUT2D eigenvalue weighted by molar-refractivity contribution is 6.08. The van der Waals surface area contributed by atoms with Gasteiger partial charge in [-0.1, -0.05) is 17.9 Å². The van der Waals surface area contributed by atoms with E-state index >= 15 is 0 Å². The van der Waals surface area contributed by atoms with Crippen LogP contribution in [0.4, 0.5) is 20.3 Å². The Labute approximate surface area is 366 Å². The number of alkyl halides is 2. The fourth-order valence-electron chi connectivity index (χ4n) is 9.61. The Kier molecular flexibility index (Phi) is 9.83. The van der Waals surface area contributed by atoms with Crippen LogP contribution in [0, 0.1) is 17.8 Å². The fourth-order valence-corrected chi connectivity index (χ4v) is 9.61. The zero-order valence-electron chi connectivity index (χ0n) is 38.5. The average Bonchev–Trinajstić information content (AvgIpc) is 4.14. The van der Waals surface area contributed by atoms with Crippen LogP contribution in [0.15, 0.2) is 47.7 Å². The minimum atomic E-state index is -2.96. The number of para-hydroxylation sites is 1. The number of hydrogen-bond acceptors (Lipinski definition) is 11. The summed E-state index contributed by atoms with van der Waals surface area (Å²) in [6.45, 7) is -2.78. The summed E-state index contributed by atoms with van der Waals surface area (Å²) in [5, 5.41) is 13.4. The number of fused-ring (bicyclic) bond motifs is 4. The van der Waals surface area contributed by atoms with Gasteiger partial charge < -0.3 is 24.6 Å². The highest BCUT2D eigenvalue weighted by Crippen LogP contribution is 2.36. The van der Waals surface area contributed by atoms with Gasteiger partial charge in [-0.3, -0.25) is 33.5 Å². The maximum absolute atomic E-state index is 14.4. The first-order chi connectivity index (χ1) is 32.0. The lowest BCUT2D eigenvalue weighted by molar-refractivity contribution is -0.135. The van der Waals surface area contributed by atoms with Crippen molar-refractivity contribution in [2.75, 3.05) is 49.5 Å². The van der Waals surface area contributed by atoms with Gasteiger partial charge in [0.25, 0.3) is 12.3 Å². The lowest BCUT2D eigenvalue weighted by Gasteiger charge is -2.36. The number of likely N-dealkylation sites (tertiary alicyclic amines) is 1. The van der Waals surface area contributed by atoms with E-state index in [2.05, 4.69) is 37.6 Å². The smallest absolute Gasteiger partial charge is 0.329 e. The largest absolute Gasteiger partial charge is 0.374 e. The van der Waals surface area contributed by atoms with E-state index in [9.17, 15) is 28.0 Å². The molecule has 1 saturated carbocycles. The number of aryl methyl sites for hydroxylation is 1. The van der Waals surface area contributed by atoms with E-state index < -0.39 is 54.8 Å². The topological polar surface area (TPSA) is 175 Å². The molecule has 330 valence electrons. The Hall–Kier alpha value is -5.97. The van der Waals surface area contributed by atoms with E-state index in [4.69, 9.17) is 19.9 Å². The predicted octanol–water partition coefficient (Wildman–Crippen LogP) is 3.99. The molecule has 3 atom stereocenters. The summed E-state index contributed by atoms with van der Waals surface area (Å²) in [6.07, 6.45) is 4.13. The van der Waals surface area contributed by atoms with Gasteiger partial charge in [0, 0.05) is 57.4 Å². The number of amides is 3. The van der Waals surface area contributed by atoms with Gasteiger partial charge in [-0.15, -0.1) is 0 Å². The maximum atomic E-state index is 14.4. The van der Waals surface area contributed by atoms with E-state index in [0.29, 0.717) is 66.9 Å². The van der Waals surface area contributed by atoms with Gasteiger partial charge in [-0.05, 0) is 75.5 Å². The second-order valence-corrected chi connectivity index (χ2v) is 16.9. The summed E-state index contributed by atoms with van der Waals surface area (Å²) in [5.74, 6) is 4.98. The number of imidazole rings is 1. The number of halogens is 2. The number of benzene rings is 1. The number of anilines is 2. The summed E-state index contributed by atoms with van der Waals surface area (Å²) in [4.78, 5) is 59.4. The molecule has 5 fully saturated rings. The number of piperidine rings is 2. The van der Waals surface area contributed by atoms with Crippen LogP contribution in [0.1, 0.15) is 103 Å². The summed E-state index contributed by atoms with van der Waals surface area (Å²) >= 11 is 0. The normalized spacial score (nSPS) is 26.9. The average molecular weight is 870 g/mol. The standard InChI is InChI=1S/C44H49F2N11O6/c1-52-39-27(4-2-6-34(39)57(44(52)61)35-11-12-37(58)50-43(35)60)5-3-19-62-30-13-16-53(17-14-30)22-26-7-9-28(10-8-26)56-24-33(38(51-56)40(45)46)48-42(59)32-21-47-55-18-15-36(49-41(32)55)54-23-31-20-29(54)25-63-31/h2,4,6,15,18,21,24,26,28-31,35,40H,7-14,16-17,19-20,22-23,25H2,1H3,(H,48,59)(H,50,58,60)/t26?,28?,29-,31-,35?/m1/s1/i16D2,17D2. The Morgan fingerprint density at radius 1 is 1.10 bits per heavy atom. The first-order valence-electron chi connectivity index (χ1n) is 23.4. The lowest BCUT2D eigenvalue weighted by Crippen LogP contribution is -2.44. The molecule has 1 aliphatic carbocycles. The van der Waals surface area contributed by atoms with Crippen LogP contribution in [-0.4, -0.2) is 114 Å². The number of aromatic nitrogens is 7. The zero-order chi connectivity index (χ0) is 46.9. The van der Waals surface area contributed by atoms with Crippen molar-refractivity contribution in [3.63, 3.8) is 0 Å². The third-order valence-corrected chi connectivity index (χ3v) is 12.9. The molecule has 19 heteroatoms. The van der Waals surface area contributed by atoms with E-state index in [-0.39, 0.29) is 80.1 Å². The van der Waals surface area contributed by atoms with Gasteiger partial charge in [-0.2, -0.15) is 10.2 Å². The Morgan fingerprint density at radius 2 is 1.92 bits per heavy atom. The van der Waals surface area contributed by atoms with Crippen molar-refractivity contribution in [3.8, 4) is 11.8 Å². The quantitative estimate of drug-likeness (QED) is 0.154. The number of carbonyl (C=O) groups excluding carboxylic acids is 3. The van der Waals surface area contributed by atoms with Crippen LogP contribution >= 0.6 is 0 Å². The Morgan fingerprint density at radius 3 is 2.67 bits per heavy atom. The molecular weight excluding hydrogens is 817 g/mol. The van der Waals surface area contributed by atoms with Gasteiger partial charge in [0.05, 0.1) is 59.4 Å². The highest BCUT2D eigenvalue weighted by atomic mass is 19.3. The summed E-state index contributed by atoms with van der Waals surface area (Å²) < 4.78 is 81.8. The van der Waals surface area contributed by atoms with Crippen molar-refractivity contribution in [1.82, 2.24) is 43.7 Å². The zero-order valence-corrected chi connectivity index (χ0v) is 34.5. The molecule has 0 spiro atoms. The monoisotopic (exact) mass is 869 g/mol. The number of nitrogens with one attached hydrogen (secondary N) is 2. The molecule has 1 unspecified atom stereocenters. The molecule has 0 radical (unpaired) electrons. The van der Waals surface area contributed by atoms with Crippen LogP contribution in [0.5, 0.6) is 0 Å². The van der Waals surface area contributed by atoms with Crippen LogP contribution in [-0.2, 0) is 26.1 Å². The molecule has 63 heavy (non-hydrogen) atoms. The van der Waals surface area contributed by atoms with Gasteiger partial charge in [0.2, 0.25) is 11.8 Å². The maximum Gasteiger partial charge on any atom is 0.329 e. The molecule has 17 nitrogen and oxygen atoms in total. The van der Waals surface area contributed by atoms with Gasteiger partial charge in [0.1, 0.15) is 24.0 Å². The summed E-state index contributed by atoms with van der Waals surface area (Å²) in [5.41, 5.74) is 0.815.